The molecule has 6 nitrogen and oxygen atoms in total. The van der Waals surface area contributed by atoms with Crippen LogP contribution in [0.5, 0.6) is 11.5 Å². The number of benzene rings is 2. The lowest BCUT2D eigenvalue weighted by Crippen LogP contribution is -2.28. The zero-order chi connectivity index (χ0) is 21.0. The van der Waals surface area contributed by atoms with Gasteiger partial charge in [-0.3, -0.25) is 9.78 Å². The largest absolute Gasteiger partial charge is 0.457 e. The fourth-order valence-electron chi connectivity index (χ4n) is 3.70. The van der Waals surface area contributed by atoms with Crippen LogP contribution in [0, 0.1) is 0 Å². The Kier molecular flexibility index (Phi) is 5.02. The van der Waals surface area contributed by atoms with Crippen molar-refractivity contribution in [3.8, 4) is 11.5 Å². The van der Waals surface area contributed by atoms with Gasteiger partial charge >= 0.3 is 0 Å². The number of nitrogens with one attached hydrogen (secondary N) is 1. The first-order valence-electron chi connectivity index (χ1n) is 10.1. The molecule has 31 heavy (non-hydrogen) atoms. The van der Waals surface area contributed by atoms with Crippen molar-refractivity contribution in [3.63, 3.8) is 0 Å². The number of rotatable bonds is 5. The predicted octanol–water partition coefficient (Wildman–Crippen LogP) is 5.22. The lowest BCUT2D eigenvalue weighted by atomic mass is 10.1. The van der Waals surface area contributed by atoms with Crippen molar-refractivity contribution in [1.82, 2.24) is 9.97 Å². The molecule has 2 aromatic carbocycles. The molecule has 0 fully saturated rings. The van der Waals surface area contributed by atoms with Gasteiger partial charge in [-0.1, -0.05) is 24.3 Å². The highest BCUT2D eigenvalue weighted by atomic mass is 16.5. The minimum absolute atomic E-state index is 0.0595. The minimum atomic E-state index is -0.0595. The van der Waals surface area contributed by atoms with Gasteiger partial charge in [-0.25, -0.2) is 4.98 Å². The van der Waals surface area contributed by atoms with Crippen molar-refractivity contribution in [2.45, 2.75) is 6.42 Å². The first-order chi connectivity index (χ1) is 15.3. The number of hydrogen-bond donors (Lipinski definition) is 1. The van der Waals surface area contributed by atoms with Crippen LogP contribution in [-0.4, -0.2) is 22.4 Å². The summed E-state index contributed by atoms with van der Waals surface area (Å²) in [6.45, 7) is 0.610. The summed E-state index contributed by atoms with van der Waals surface area (Å²) in [7, 11) is 0. The molecule has 1 amide bonds. The highest BCUT2D eigenvalue weighted by molar-refractivity contribution is 6.07. The molecule has 2 aromatic heterocycles. The number of anilines is 3. The number of fused-ring (bicyclic) bond motifs is 1. The molecule has 0 atom stereocenters. The van der Waals surface area contributed by atoms with E-state index in [1.54, 1.807) is 35.6 Å². The monoisotopic (exact) mass is 408 g/mol. The normalized spacial score (nSPS) is 12.3. The van der Waals surface area contributed by atoms with Crippen molar-refractivity contribution < 1.29 is 9.53 Å². The molecule has 0 saturated carbocycles. The summed E-state index contributed by atoms with van der Waals surface area (Å²) >= 11 is 0. The van der Waals surface area contributed by atoms with Crippen LogP contribution in [0.25, 0.3) is 0 Å². The van der Waals surface area contributed by atoms with Gasteiger partial charge < -0.3 is 15.0 Å². The molecule has 6 heteroatoms. The molecule has 5 rings (SSSR count). The Morgan fingerprint density at radius 1 is 0.935 bits per heavy atom. The van der Waals surface area contributed by atoms with Gasteiger partial charge in [0.25, 0.3) is 5.91 Å². The molecule has 0 aliphatic carbocycles. The standard InChI is InChI=1S/C25H20N4O2/c30-25(18-9-15-27-24(17-18)28-19-10-13-26-14-11-19)29-16-12-21-22(29)7-4-8-23(21)31-20-5-2-1-3-6-20/h1-11,13-15,17H,12,16H2,(H,26,27,28). The number of ether oxygens (including phenoxy) is 1. The zero-order valence-corrected chi connectivity index (χ0v) is 16.7. The molecule has 3 heterocycles. The van der Waals surface area contributed by atoms with E-state index in [-0.39, 0.29) is 5.91 Å². The number of hydrogen-bond acceptors (Lipinski definition) is 5. The molecule has 152 valence electrons. The quantitative estimate of drug-likeness (QED) is 0.491. The van der Waals surface area contributed by atoms with E-state index in [9.17, 15) is 4.79 Å². The summed E-state index contributed by atoms with van der Waals surface area (Å²) in [6, 6.07) is 22.7. The van der Waals surface area contributed by atoms with Gasteiger partial charge in [0, 0.05) is 41.9 Å². The van der Waals surface area contributed by atoms with Gasteiger partial charge in [0.05, 0.1) is 5.69 Å². The second-order valence-electron chi connectivity index (χ2n) is 7.17. The van der Waals surface area contributed by atoms with E-state index in [0.717, 1.165) is 34.9 Å². The third-order valence-electron chi connectivity index (χ3n) is 5.16. The van der Waals surface area contributed by atoms with Crippen LogP contribution < -0.4 is 15.0 Å². The predicted molar refractivity (Wildman–Crippen MR) is 120 cm³/mol. The number of aromatic nitrogens is 2. The number of carbonyl (C=O) groups excluding carboxylic acids is 1. The molecule has 1 aliphatic heterocycles. The number of pyridine rings is 2. The fourth-order valence-corrected chi connectivity index (χ4v) is 3.70. The third kappa shape index (κ3) is 3.96. The van der Waals surface area contributed by atoms with E-state index in [1.165, 1.54) is 0 Å². The molecular weight excluding hydrogens is 388 g/mol. The molecule has 0 saturated heterocycles. The summed E-state index contributed by atoms with van der Waals surface area (Å²) in [5.41, 5.74) is 3.37. The average Bonchev–Trinajstić information content (AvgIpc) is 3.25. The van der Waals surface area contributed by atoms with Crippen LogP contribution >= 0.6 is 0 Å². The molecule has 4 aromatic rings. The molecule has 1 N–H and O–H groups in total. The Morgan fingerprint density at radius 2 is 1.77 bits per heavy atom. The molecular formula is C25H20N4O2. The minimum Gasteiger partial charge on any atom is -0.457 e. The van der Waals surface area contributed by atoms with Crippen molar-refractivity contribution in [2.24, 2.45) is 0 Å². The number of para-hydroxylation sites is 1. The topological polar surface area (TPSA) is 67.4 Å². The number of carbonyl (C=O) groups is 1. The van der Waals surface area contributed by atoms with Crippen LogP contribution in [0.1, 0.15) is 15.9 Å². The fraction of sp³-hybridized carbons (Fsp3) is 0.0800. The Morgan fingerprint density at radius 3 is 2.61 bits per heavy atom. The second kappa shape index (κ2) is 8.28. The van der Waals surface area contributed by atoms with E-state index >= 15 is 0 Å². The van der Waals surface area contributed by atoms with Gasteiger partial charge in [-0.2, -0.15) is 0 Å². The summed E-state index contributed by atoms with van der Waals surface area (Å²) in [6.07, 6.45) is 5.79. The second-order valence-corrected chi connectivity index (χ2v) is 7.17. The smallest absolute Gasteiger partial charge is 0.258 e. The van der Waals surface area contributed by atoms with Crippen LogP contribution in [-0.2, 0) is 6.42 Å². The summed E-state index contributed by atoms with van der Waals surface area (Å²) in [4.78, 5) is 23.4. The molecule has 0 bridgehead atoms. The van der Waals surface area contributed by atoms with Crippen molar-refractivity contribution in [3.05, 3.63) is 103 Å². The molecule has 0 unspecified atom stereocenters. The maximum Gasteiger partial charge on any atom is 0.258 e. The van der Waals surface area contributed by atoms with Crippen molar-refractivity contribution >= 4 is 23.1 Å². The van der Waals surface area contributed by atoms with Gasteiger partial charge in [0.1, 0.15) is 17.3 Å². The number of amides is 1. The van der Waals surface area contributed by atoms with Crippen molar-refractivity contribution in [1.29, 1.82) is 0 Å². The van der Waals surface area contributed by atoms with Crippen LogP contribution in [0.15, 0.2) is 91.4 Å². The summed E-state index contributed by atoms with van der Waals surface area (Å²) in [5, 5.41) is 3.20. The lowest BCUT2D eigenvalue weighted by molar-refractivity contribution is 0.0989. The zero-order valence-electron chi connectivity index (χ0n) is 16.7. The Labute approximate surface area is 180 Å². The molecule has 1 aliphatic rings. The van der Waals surface area contributed by atoms with Crippen LogP contribution in [0.4, 0.5) is 17.2 Å². The van der Waals surface area contributed by atoms with E-state index < -0.39 is 0 Å². The van der Waals surface area contributed by atoms with E-state index in [4.69, 9.17) is 4.74 Å². The first-order valence-corrected chi connectivity index (χ1v) is 10.1. The lowest BCUT2D eigenvalue weighted by Gasteiger charge is -2.18. The Balaban J connectivity index is 1.39. The highest BCUT2D eigenvalue weighted by Gasteiger charge is 2.28. The Hall–Kier alpha value is -4.19. The van der Waals surface area contributed by atoms with Crippen LogP contribution in [0.2, 0.25) is 0 Å². The first kappa shape index (κ1) is 18.8. The highest BCUT2D eigenvalue weighted by Crippen LogP contribution is 2.38. The van der Waals surface area contributed by atoms with Gasteiger partial charge in [0.2, 0.25) is 0 Å². The third-order valence-corrected chi connectivity index (χ3v) is 5.16. The van der Waals surface area contributed by atoms with Crippen LogP contribution in [0.3, 0.4) is 0 Å². The van der Waals surface area contributed by atoms with E-state index in [0.29, 0.717) is 17.9 Å². The Bertz CT molecular complexity index is 1210. The molecule has 0 spiro atoms. The number of nitrogens with zero attached hydrogens (tertiary/aromatic N) is 3. The summed E-state index contributed by atoms with van der Waals surface area (Å²) in [5.74, 6) is 2.11. The maximum atomic E-state index is 13.3. The average molecular weight is 408 g/mol. The SMILES string of the molecule is O=C(c1ccnc(Nc2ccncc2)c1)N1CCc2c(Oc3ccccc3)cccc21. The summed E-state index contributed by atoms with van der Waals surface area (Å²) < 4.78 is 6.08. The van der Waals surface area contributed by atoms with Gasteiger partial charge in [-0.05, 0) is 55.0 Å². The van der Waals surface area contributed by atoms with Crippen molar-refractivity contribution in [2.75, 3.05) is 16.8 Å². The maximum absolute atomic E-state index is 13.3. The molecule has 0 radical (unpaired) electrons. The van der Waals surface area contributed by atoms with Gasteiger partial charge in [-0.15, -0.1) is 0 Å². The van der Waals surface area contributed by atoms with E-state index in [1.807, 2.05) is 60.7 Å². The van der Waals surface area contributed by atoms with Gasteiger partial charge in [0.15, 0.2) is 0 Å². The van der Waals surface area contributed by atoms with E-state index in [2.05, 4.69) is 15.3 Å².